The summed E-state index contributed by atoms with van der Waals surface area (Å²) in [4.78, 5) is 16.0. The van der Waals surface area contributed by atoms with Gasteiger partial charge in [-0.2, -0.15) is 0 Å². The highest BCUT2D eigenvalue weighted by molar-refractivity contribution is 6.12. The molecule has 0 unspecified atom stereocenters. The lowest BCUT2D eigenvalue weighted by Crippen LogP contribution is -2.36. The molecule has 0 aliphatic carbocycles. The molecule has 0 saturated carbocycles. The van der Waals surface area contributed by atoms with Gasteiger partial charge in [0.15, 0.2) is 0 Å². The minimum absolute atomic E-state index is 0.0160. The van der Waals surface area contributed by atoms with Crippen LogP contribution in [-0.2, 0) is 0 Å². The molecule has 37 heavy (non-hydrogen) atoms. The molecule has 9 heteroatoms. The Morgan fingerprint density at radius 2 is 1.78 bits per heavy atom. The zero-order chi connectivity index (χ0) is 25.8. The van der Waals surface area contributed by atoms with Crippen LogP contribution in [-0.4, -0.2) is 81.2 Å². The Labute approximate surface area is 218 Å². The van der Waals surface area contributed by atoms with E-state index in [1.807, 2.05) is 11.0 Å². The number of allylic oxidation sites excluding steroid dienone is 1. The normalized spacial score (nSPS) is 19.6. The lowest BCUT2D eigenvalue weighted by atomic mass is 9.95. The number of amidine groups is 1. The van der Waals surface area contributed by atoms with Gasteiger partial charge in [-0.1, -0.05) is 18.1 Å². The van der Waals surface area contributed by atoms with Crippen molar-refractivity contribution in [1.29, 1.82) is 10.8 Å². The van der Waals surface area contributed by atoms with Crippen LogP contribution in [0.2, 0.25) is 0 Å². The number of aromatic hydroxyl groups is 1. The zero-order valence-corrected chi connectivity index (χ0v) is 21.1. The average molecular weight is 499 g/mol. The first-order valence-corrected chi connectivity index (χ1v) is 13.0. The average Bonchev–Trinajstić information content (AvgIpc) is 3.38. The topological polar surface area (TPSA) is 129 Å². The number of phenolic OH excluding ortho intramolecular Hbond substituents is 1. The molecule has 0 spiro atoms. The van der Waals surface area contributed by atoms with Gasteiger partial charge in [-0.15, -0.1) is 0 Å². The van der Waals surface area contributed by atoms with Crippen molar-refractivity contribution in [2.75, 3.05) is 44.2 Å². The summed E-state index contributed by atoms with van der Waals surface area (Å²) in [5, 5.41) is 26.7. The molecule has 0 radical (unpaired) electrons. The standard InChI is InChI=1S/C28H34N8O/c29-22(21-6-1-2-7-24(21)37)20-23(27(30)31)34-14-5-15-35(19-18-34)26-9-13-32-25(33-26)8-12-28-10-3-16-36(28)17-4-11-28/h1-2,6-7,9,13,20,29,37H,3-5,10-11,14-19H2,(H3,30,31)/b23-20+,29-22?. The molecule has 5 rings (SSSR count). The quantitative estimate of drug-likeness (QED) is 0.283. The number of para-hydroxylation sites is 1. The maximum Gasteiger partial charge on any atom is 0.206 e. The van der Waals surface area contributed by atoms with Crippen LogP contribution in [0.15, 0.2) is 48.3 Å². The van der Waals surface area contributed by atoms with Crippen molar-refractivity contribution in [3.63, 3.8) is 0 Å². The molecule has 4 heterocycles. The predicted octanol–water partition coefficient (Wildman–Crippen LogP) is 2.56. The Kier molecular flexibility index (Phi) is 7.10. The molecule has 0 bridgehead atoms. The molecule has 0 amide bonds. The first kappa shape index (κ1) is 24.8. The van der Waals surface area contributed by atoms with Crippen LogP contribution in [0.5, 0.6) is 5.75 Å². The third-order valence-corrected chi connectivity index (χ3v) is 7.60. The fourth-order valence-electron chi connectivity index (χ4n) is 5.71. The lowest BCUT2D eigenvalue weighted by molar-refractivity contribution is 0.261. The molecule has 3 fully saturated rings. The highest BCUT2D eigenvalue weighted by Crippen LogP contribution is 2.38. The van der Waals surface area contributed by atoms with E-state index in [9.17, 15) is 5.11 Å². The molecule has 0 atom stereocenters. The SMILES string of the molecule is N=C(N)/C(=C\C(=N)c1ccccc1O)N1CCCN(c2ccnc(C#CC34CCCN3CCC4)n2)CC1. The minimum Gasteiger partial charge on any atom is -0.507 e. The first-order chi connectivity index (χ1) is 17.9. The number of phenols is 1. The molecule has 3 saturated heterocycles. The number of hydrogen-bond acceptors (Lipinski definition) is 8. The lowest BCUT2D eigenvalue weighted by Gasteiger charge is -2.26. The van der Waals surface area contributed by atoms with Crippen LogP contribution in [0.25, 0.3) is 0 Å². The first-order valence-electron chi connectivity index (χ1n) is 13.0. The summed E-state index contributed by atoms with van der Waals surface area (Å²) in [5.74, 6) is 8.15. The van der Waals surface area contributed by atoms with E-state index >= 15 is 0 Å². The maximum atomic E-state index is 10.1. The van der Waals surface area contributed by atoms with Crippen LogP contribution in [0.3, 0.4) is 0 Å². The highest BCUT2D eigenvalue weighted by atomic mass is 16.3. The van der Waals surface area contributed by atoms with Crippen molar-refractivity contribution >= 4 is 17.4 Å². The molecule has 9 nitrogen and oxygen atoms in total. The Morgan fingerprint density at radius 3 is 2.54 bits per heavy atom. The van der Waals surface area contributed by atoms with Crippen LogP contribution in [0.1, 0.15) is 43.5 Å². The monoisotopic (exact) mass is 498 g/mol. The molecule has 5 N–H and O–H groups in total. The van der Waals surface area contributed by atoms with Crippen LogP contribution < -0.4 is 10.6 Å². The number of fused-ring (bicyclic) bond motifs is 1. The smallest absolute Gasteiger partial charge is 0.206 e. The number of aromatic nitrogens is 2. The van der Waals surface area contributed by atoms with Gasteiger partial charge >= 0.3 is 0 Å². The number of anilines is 1. The molecular weight excluding hydrogens is 464 g/mol. The third kappa shape index (κ3) is 5.30. The van der Waals surface area contributed by atoms with E-state index in [-0.39, 0.29) is 22.8 Å². The van der Waals surface area contributed by atoms with Crippen molar-refractivity contribution in [2.24, 2.45) is 5.73 Å². The molecule has 1 aromatic carbocycles. The Hall–Kier alpha value is -3.90. The number of hydrogen-bond donors (Lipinski definition) is 4. The van der Waals surface area contributed by atoms with Crippen molar-refractivity contribution < 1.29 is 5.11 Å². The number of nitrogens with one attached hydrogen (secondary N) is 2. The summed E-state index contributed by atoms with van der Waals surface area (Å²) >= 11 is 0. The van der Waals surface area contributed by atoms with Gasteiger partial charge in [-0.05, 0) is 75.4 Å². The fraction of sp³-hybridized carbons (Fsp3) is 0.429. The van der Waals surface area contributed by atoms with Gasteiger partial charge < -0.3 is 26.0 Å². The van der Waals surface area contributed by atoms with E-state index < -0.39 is 0 Å². The van der Waals surface area contributed by atoms with Crippen molar-refractivity contribution in [3.8, 4) is 17.6 Å². The molecule has 3 aliphatic heterocycles. The number of nitrogens with two attached hydrogens (primary N) is 1. The third-order valence-electron chi connectivity index (χ3n) is 7.60. The van der Waals surface area contributed by atoms with E-state index in [4.69, 9.17) is 21.5 Å². The van der Waals surface area contributed by atoms with Gasteiger partial charge in [0.2, 0.25) is 5.82 Å². The second-order valence-corrected chi connectivity index (χ2v) is 9.92. The van der Waals surface area contributed by atoms with Crippen molar-refractivity contribution in [3.05, 3.63) is 59.7 Å². The van der Waals surface area contributed by atoms with Gasteiger partial charge in [-0.25, -0.2) is 9.97 Å². The minimum atomic E-state index is -0.0968. The van der Waals surface area contributed by atoms with Gasteiger partial charge in [0.1, 0.15) is 17.4 Å². The zero-order valence-electron chi connectivity index (χ0n) is 21.1. The van der Waals surface area contributed by atoms with E-state index in [1.54, 1.807) is 36.5 Å². The maximum absolute atomic E-state index is 10.1. The summed E-state index contributed by atoms with van der Waals surface area (Å²) in [7, 11) is 0. The Balaban J connectivity index is 1.29. The molecule has 192 valence electrons. The van der Waals surface area contributed by atoms with Crippen molar-refractivity contribution in [2.45, 2.75) is 37.6 Å². The molecule has 1 aromatic heterocycles. The van der Waals surface area contributed by atoms with E-state index in [1.165, 1.54) is 12.8 Å². The van der Waals surface area contributed by atoms with Gasteiger partial charge in [0.05, 0.1) is 16.9 Å². The van der Waals surface area contributed by atoms with Crippen LogP contribution >= 0.6 is 0 Å². The van der Waals surface area contributed by atoms with Crippen LogP contribution in [0.4, 0.5) is 5.82 Å². The number of nitrogens with zero attached hydrogens (tertiary/aromatic N) is 5. The summed E-state index contributed by atoms with van der Waals surface area (Å²) in [6, 6.07) is 8.64. The Morgan fingerprint density at radius 1 is 1.00 bits per heavy atom. The predicted molar refractivity (Wildman–Crippen MR) is 145 cm³/mol. The largest absolute Gasteiger partial charge is 0.507 e. The number of benzene rings is 1. The molecular formula is C28H34N8O. The molecule has 2 aromatic rings. The van der Waals surface area contributed by atoms with E-state index in [0.29, 0.717) is 36.7 Å². The van der Waals surface area contributed by atoms with Gasteiger partial charge in [0, 0.05) is 37.9 Å². The van der Waals surface area contributed by atoms with E-state index in [2.05, 4.69) is 26.6 Å². The number of rotatable bonds is 5. The summed E-state index contributed by atoms with van der Waals surface area (Å²) in [5.41, 5.74) is 6.96. The Bertz CT molecular complexity index is 1270. The van der Waals surface area contributed by atoms with E-state index in [0.717, 1.165) is 44.7 Å². The second kappa shape index (κ2) is 10.6. The summed E-state index contributed by atoms with van der Waals surface area (Å²) < 4.78 is 0. The van der Waals surface area contributed by atoms with Crippen LogP contribution in [0, 0.1) is 22.7 Å². The molecule has 3 aliphatic rings. The fourth-order valence-corrected chi connectivity index (χ4v) is 5.71. The second-order valence-electron chi connectivity index (χ2n) is 9.92. The van der Waals surface area contributed by atoms with Gasteiger partial charge in [0.25, 0.3) is 0 Å². The highest BCUT2D eigenvalue weighted by Gasteiger charge is 2.42. The summed E-state index contributed by atoms with van der Waals surface area (Å²) in [6.45, 7) is 5.11. The van der Waals surface area contributed by atoms with Gasteiger partial charge in [-0.3, -0.25) is 10.3 Å². The van der Waals surface area contributed by atoms with Crippen molar-refractivity contribution in [1.82, 2.24) is 19.8 Å². The summed E-state index contributed by atoms with van der Waals surface area (Å²) in [6.07, 6.45) is 8.88.